The summed E-state index contributed by atoms with van der Waals surface area (Å²) in [7, 11) is 1.36. The van der Waals surface area contributed by atoms with Gasteiger partial charge in [0.25, 0.3) is 0 Å². The van der Waals surface area contributed by atoms with Crippen LogP contribution in [-0.2, 0) is 22.5 Å². The van der Waals surface area contributed by atoms with Gasteiger partial charge in [-0.1, -0.05) is 72.8 Å². The molecule has 0 aliphatic rings. The molecule has 0 amide bonds. The van der Waals surface area contributed by atoms with Crippen molar-refractivity contribution in [1.29, 1.82) is 0 Å². The summed E-state index contributed by atoms with van der Waals surface area (Å²) in [4.78, 5) is 30.3. The van der Waals surface area contributed by atoms with Crippen LogP contribution >= 0.6 is 0 Å². The van der Waals surface area contributed by atoms with Crippen LogP contribution in [0.2, 0.25) is 0 Å². The number of nitrogens with zero attached hydrogens (tertiary/aromatic N) is 2. The molecule has 1 N–H and O–H groups in total. The molecule has 0 fully saturated rings. The highest BCUT2D eigenvalue weighted by molar-refractivity contribution is 6.12. The Hall–Kier alpha value is -5.43. The first-order valence-corrected chi connectivity index (χ1v) is 14.2. The number of rotatable bonds is 11. The van der Waals surface area contributed by atoms with Gasteiger partial charge in [0.1, 0.15) is 18.4 Å². The maximum Gasteiger partial charge on any atom is 0.328 e. The Morgan fingerprint density at radius 2 is 1.53 bits per heavy atom. The average Bonchev–Trinajstić information content (AvgIpc) is 3.38. The van der Waals surface area contributed by atoms with Crippen LogP contribution in [0.25, 0.3) is 21.8 Å². The van der Waals surface area contributed by atoms with Gasteiger partial charge in [-0.05, 0) is 42.0 Å². The molecule has 0 aliphatic carbocycles. The summed E-state index contributed by atoms with van der Waals surface area (Å²) < 4.78 is 13.4. The van der Waals surface area contributed by atoms with Crippen molar-refractivity contribution in [3.8, 4) is 5.75 Å². The Bertz CT molecular complexity index is 1830. The second-order valence-corrected chi connectivity index (χ2v) is 10.2. The van der Waals surface area contributed by atoms with E-state index >= 15 is 0 Å². The molecular weight excluding hydrogens is 538 g/mol. The molecule has 7 heteroatoms. The zero-order valence-electron chi connectivity index (χ0n) is 23.8. The predicted octanol–water partition coefficient (Wildman–Crippen LogP) is 6.70. The van der Waals surface area contributed by atoms with Crippen LogP contribution in [0, 0.1) is 0 Å². The van der Waals surface area contributed by atoms with Crippen molar-refractivity contribution < 1.29 is 19.1 Å². The molecule has 0 saturated carbocycles. The molecule has 6 rings (SSSR count). The first-order chi connectivity index (χ1) is 21.1. The topological polar surface area (TPSA) is 82.4 Å². The van der Waals surface area contributed by atoms with Crippen molar-refractivity contribution in [3.05, 3.63) is 138 Å². The third kappa shape index (κ3) is 5.97. The minimum atomic E-state index is -0.689. The SMILES string of the molecule is COC(=O)C(Cc1ccc(OCCn2c3ccccc3c3ccncc32)cc1)Nc1ccccc1C(=O)c1ccccc1. The van der Waals surface area contributed by atoms with Gasteiger partial charge in [0, 0.05) is 45.7 Å². The van der Waals surface area contributed by atoms with E-state index in [9.17, 15) is 9.59 Å². The van der Waals surface area contributed by atoms with E-state index in [0.29, 0.717) is 36.4 Å². The smallest absolute Gasteiger partial charge is 0.328 e. The first-order valence-electron chi connectivity index (χ1n) is 14.2. The number of anilines is 1. The molecular formula is C36H31N3O4. The van der Waals surface area contributed by atoms with Gasteiger partial charge in [0.05, 0.1) is 25.4 Å². The number of methoxy groups -OCH3 is 1. The molecule has 214 valence electrons. The molecule has 0 radical (unpaired) electrons. The summed E-state index contributed by atoms with van der Waals surface area (Å²) in [5.41, 5.74) is 4.80. The Labute approximate surface area is 249 Å². The van der Waals surface area contributed by atoms with E-state index in [1.165, 1.54) is 17.9 Å². The van der Waals surface area contributed by atoms with Crippen molar-refractivity contribution in [2.45, 2.75) is 19.0 Å². The molecule has 2 heterocycles. The molecule has 2 aromatic heterocycles. The van der Waals surface area contributed by atoms with E-state index in [2.05, 4.69) is 27.0 Å². The number of ketones is 1. The highest BCUT2D eigenvalue weighted by Gasteiger charge is 2.22. The fraction of sp³-hybridized carbons (Fsp3) is 0.139. The molecule has 43 heavy (non-hydrogen) atoms. The number of carbonyl (C=O) groups is 2. The van der Waals surface area contributed by atoms with Gasteiger partial charge in [-0.15, -0.1) is 0 Å². The number of benzene rings is 4. The number of hydrogen-bond donors (Lipinski definition) is 1. The zero-order valence-corrected chi connectivity index (χ0v) is 23.8. The molecule has 0 aliphatic heterocycles. The van der Waals surface area contributed by atoms with Crippen molar-refractivity contribution in [1.82, 2.24) is 9.55 Å². The van der Waals surface area contributed by atoms with E-state index in [0.717, 1.165) is 22.3 Å². The third-order valence-corrected chi connectivity index (χ3v) is 7.55. The Balaban J connectivity index is 1.13. The fourth-order valence-corrected chi connectivity index (χ4v) is 5.42. The molecule has 1 unspecified atom stereocenters. The van der Waals surface area contributed by atoms with Crippen LogP contribution in [0.3, 0.4) is 0 Å². The zero-order chi connectivity index (χ0) is 29.6. The van der Waals surface area contributed by atoms with Gasteiger partial charge in [0.15, 0.2) is 5.78 Å². The maximum absolute atomic E-state index is 13.2. The average molecular weight is 570 g/mol. The van der Waals surface area contributed by atoms with Crippen LogP contribution in [0.15, 0.2) is 122 Å². The van der Waals surface area contributed by atoms with E-state index in [4.69, 9.17) is 9.47 Å². The van der Waals surface area contributed by atoms with Crippen LogP contribution in [0.1, 0.15) is 21.5 Å². The lowest BCUT2D eigenvalue weighted by Crippen LogP contribution is -2.33. The summed E-state index contributed by atoms with van der Waals surface area (Å²) in [6.45, 7) is 1.16. The Morgan fingerprint density at radius 3 is 2.35 bits per heavy atom. The molecule has 7 nitrogen and oxygen atoms in total. The van der Waals surface area contributed by atoms with E-state index < -0.39 is 12.0 Å². The maximum atomic E-state index is 13.2. The summed E-state index contributed by atoms with van der Waals surface area (Å²) in [5.74, 6) is 0.206. The van der Waals surface area contributed by atoms with Crippen molar-refractivity contribution >= 4 is 39.2 Å². The van der Waals surface area contributed by atoms with Gasteiger partial charge >= 0.3 is 5.97 Å². The summed E-state index contributed by atoms with van der Waals surface area (Å²) in [6, 6.07) is 33.7. The Kier molecular flexibility index (Phi) is 8.13. The molecule has 0 spiro atoms. The van der Waals surface area contributed by atoms with Crippen molar-refractivity contribution in [3.63, 3.8) is 0 Å². The Morgan fingerprint density at radius 1 is 0.814 bits per heavy atom. The minimum Gasteiger partial charge on any atom is -0.492 e. The van der Waals surface area contributed by atoms with E-state index in [1.807, 2.05) is 85.2 Å². The first kappa shape index (κ1) is 27.7. The number of pyridine rings is 1. The molecule has 0 bridgehead atoms. The van der Waals surface area contributed by atoms with Crippen molar-refractivity contribution in [2.75, 3.05) is 19.0 Å². The molecule has 1 atom stereocenters. The van der Waals surface area contributed by atoms with Crippen molar-refractivity contribution in [2.24, 2.45) is 0 Å². The van der Waals surface area contributed by atoms with Crippen LogP contribution in [0.5, 0.6) is 5.75 Å². The second-order valence-electron chi connectivity index (χ2n) is 10.2. The number of ether oxygens (including phenoxy) is 2. The fourth-order valence-electron chi connectivity index (χ4n) is 5.42. The van der Waals surface area contributed by atoms with Gasteiger partial charge in [-0.2, -0.15) is 0 Å². The lowest BCUT2D eigenvalue weighted by molar-refractivity contribution is -0.141. The monoisotopic (exact) mass is 569 g/mol. The highest BCUT2D eigenvalue weighted by atomic mass is 16.5. The minimum absolute atomic E-state index is 0.119. The molecule has 0 saturated heterocycles. The highest BCUT2D eigenvalue weighted by Crippen LogP contribution is 2.28. The largest absolute Gasteiger partial charge is 0.492 e. The predicted molar refractivity (Wildman–Crippen MR) is 169 cm³/mol. The number of aromatic nitrogens is 2. The van der Waals surface area contributed by atoms with E-state index in [1.54, 1.807) is 24.3 Å². The number of para-hydroxylation sites is 2. The van der Waals surface area contributed by atoms with Gasteiger partial charge < -0.3 is 19.4 Å². The van der Waals surface area contributed by atoms with Crippen LogP contribution in [0.4, 0.5) is 5.69 Å². The van der Waals surface area contributed by atoms with Gasteiger partial charge in [-0.3, -0.25) is 9.78 Å². The third-order valence-electron chi connectivity index (χ3n) is 7.55. The number of esters is 1. The normalized spacial score (nSPS) is 11.7. The lowest BCUT2D eigenvalue weighted by Gasteiger charge is -2.20. The number of nitrogens with one attached hydrogen (secondary N) is 1. The number of hydrogen-bond acceptors (Lipinski definition) is 6. The van der Waals surface area contributed by atoms with Crippen LogP contribution in [-0.4, -0.2) is 41.1 Å². The van der Waals surface area contributed by atoms with E-state index in [-0.39, 0.29) is 5.78 Å². The van der Waals surface area contributed by atoms with Gasteiger partial charge in [0.2, 0.25) is 0 Å². The number of carbonyl (C=O) groups excluding carboxylic acids is 2. The lowest BCUT2D eigenvalue weighted by atomic mass is 10.00. The van der Waals surface area contributed by atoms with Crippen LogP contribution < -0.4 is 10.1 Å². The second kappa shape index (κ2) is 12.6. The standard InChI is InChI=1S/C36H31N3O4/c1-42-36(41)32(38-31-13-7-5-12-30(31)35(40)26-9-3-2-4-10-26)23-25-15-17-27(18-16-25)43-22-21-39-33-14-8-6-11-28(33)29-19-20-37-24-34(29)39/h2-20,24,32,38H,21-23H2,1H3. The summed E-state index contributed by atoms with van der Waals surface area (Å²) >= 11 is 0. The summed E-state index contributed by atoms with van der Waals surface area (Å²) in [5, 5.41) is 5.63. The van der Waals surface area contributed by atoms with Gasteiger partial charge in [-0.25, -0.2) is 4.79 Å². The summed E-state index contributed by atoms with van der Waals surface area (Å²) in [6.07, 6.45) is 4.08. The quantitative estimate of drug-likeness (QED) is 0.138. The molecule has 6 aromatic rings. The molecule has 4 aromatic carbocycles. The number of fused-ring (bicyclic) bond motifs is 3.